The first-order chi connectivity index (χ1) is 17.9. The Labute approximate surface area is 215 Å². The molecule has 1 aliphatic carbocycles. The van der Waals surface area contributed by atoms with Crippen LogP contribution in [0.1, 0.15) is 62.7 Å². The molecule has 192 valence electrons. The van der Waals surface area contributed by atoms with E-state index in [1.807, 2.05) is 42.6 Å². The predicted molar refractivity (Wildman–Crippen MR) is 141 cm³/mol. The summed E-state index contributed by atoms with van der Waals surface area (Å²) in [7, 11) is 0. The number of amides is 1. The van der Waals surface area contributed by atoms with Crippen molar-refractivity contribution in [1.82, 2.24) is 24.4 Å². The molecule has 37 heavy (non-hydrogen) atoms. The molecule has 3 heterocycles. The van der Waals surface area contributed by atoms with Gasteiger partial charge in [0.15, 0.2) is 11.5 Å². The fourth-order valence-corrected chi connectivity index (χ4v) is 4.97. The second kappa shape index (κ2) is 10.5. The molecule has 3 aromatic heterocycles. The maximum Gasteiger partial charge on any atom is 0.341 e. The monoisotopic (exact) mass is 500 g/mol. The molecule has 9 heteroatoms. The van der Waals surface area contributed by atoms with Gasteiger partial charge in [-0.2, -0.15) is 5.10 Å². The lowest BCUT2D eigenvalue weighted by Crippen LogP contribution is -2.39. The Morgan fingerprint density at radius 1 is 1.11 bits per heavy atom. The van der Waals surface area contributed by atoms with E-state index >= 15 is 0 Å². The molecule has 0 spiro atoms. The minimum absolute atomic E-state index is 0.0103. The van der Waals surface area contributed by atoms with Crippen molar-refractivity contribution in [2.75, 3.05) is 11.4 Å². The molecule has 0 bridgehead atoms. The van der Waals surface area contributed by atoms with Crippen LogP contribution in [-0.4, -0.2) is 47.9 Å². The van der Waals surface area contributed by atoms with Crippen molar-refractivity contribution >= 4 is 23.3 Å². The quantitative estimate of drug-likeness (QED) is 0.355. The molecule has 5 rings (SSSR count). The molecular weight excluding hydrogens is 468 g/mol. The van der Waals surface area contributed by atoms with Gasteiger partial charge in [-0.1, -0.05) is 32.4 Å². The zero-order valence-electron chi connectivity index (χ0n) is 21.2. The first-order valence-corrected chi connectivity index (χ1v) is 13.0. The lowest BCUT2D eigenvalue weighted by Gasteiger charge is -2.30. The van der Waals surface area contributed by atoms with Gasteiger partial charge in [0.2, 0.25) is 5.91 Å². The summed E-state index contributed by atoms with van der Waals surface area (Å²) in [4.78, 5) is 31.7. The number of unbranched alkanes of at least 4 members (excludes halogenated alkanes) is 1. The number of carbonyl (C=O) groups is 2. The summed E-state index contributed by atoms with van der Waals surface area (Å²) in [6.45, 7) is 4.73. The minimum Gasteiger partial charge on any atom is -0.477 e. The van der Waals surface area contributed by atoms with E-state index in [0.717, 1.165) is 55.4 Å². The molecule has 1 amide bonds. The summed E-state index contributed by atoms with van der Waals surface area (Å²) in [6.07, 6.45) is 10.5. The number of carboxylic acids is 1. The van der Waals surface area contributed by atoms with Gasteiger partial charge in [0.05, 0.1) is 11.4 Å². The van der Waals surface area contributed by atoms with Crippen LogP contribution in [0.3, 0.4) is 0 Å². The number of nitrogens with zero attached hydrogens (tertiary/aromatic N) is 6. The van der Waals surface area contributed by atoms with Gasteiger partial charge in [0.25, 0.3) is 0 Å². The molecule has 0 unspecified atom stereocenters. The summed E-state index contributed by atoms with van der Waals surface area (Å²) >= 11 is 0. The number of benzene rings is 1. The molecule has 1 aliphatic rings. The van der Waals surface area contributed by atoms with E-state index in [1.54, 1.807) is 20.3 Å². The van der Waals surface area contributed by atoms with E-state index in [0.29, 0.717) is 18.2 Å². The Bertz CT molecular complexity index is 1370. The van der Waals surface area contributed by atoms with E-state index in [1.165, 1.54) is 6.20 Å². The smallest absolute Gasteiger partial charge is 0.341 e. The number of carbonyl (C=O) groups excluding carboxylic acids is 1. The Morgan fingerprint density at radius 2 is 1.86 bits per heavy atom. The van der Waals surface area contributed by atoms with Crippen molar-refractivity contribution in [3.63, 3.8) is 0 Å². The third-order valence-electron chi connectivity index (χ3n) is 7.21. The zero-order valence-corrected chi connectivity index (χ0v) is 21.2. The number of aromatic carboxylic acids is 1. The number of fused-ring (bicyclic) bond motifs is 1. The van der Waals surface area contributed by atoms with Gasteiger partial charge in [-0.15, -0.1) is 5.10 Å². The van der Waals surface area contributed by atoms with E-state index in [4.69, 9.17) is 0 Å². The number of aromatic nitrogens is 5. The predicted octanol–water partition coefficient (Wildman–Crippen LogP) is 5.24. The number of anilines is 1. The van der Waals surface area contributed by atoms with Gasteiger partial charge < -0.3 is 5.11 Å². The van der Waals surface area contributed by atoms with E-state index < -0.39 is 5.97 Å². The highest BCUT2D eigenvalue weighted by atomic mass is 16.4. The number of rotatable bonds is 8. The van der Waals surface area contributed by atoms with Crippen LogP contribution in [0.2, 0.25) is 0 Å². The molecular formula is C28H32N6O3. The second-order valence-electron chi connectivity index (χ2n) is 9.92. The highest BCUT2D eigenvalue weighted by Gasteiger charge is 2.32. The number of hydrogen-bond acceptors (Lipinski definition) is 5. The molecule has 0 saturated heterocycles. The standard InChI is InChI=1S/C28H32N6O3/c1-3-4-15-32(27(35)21-8-6-19(2)7-9-21)26-23(28(36)37)18-34(31-26)22-12-10-20(11-13-22)24-17-25-29-14-5-16-33(25)30-24/h5,10-14,16-19,21H,3-4,6-9,15H2,1-2H3,(H,36,37)/t19-,21-. The van der Waals surface area contributed by atoms with Crippen LogP contribution < -0.4 is 4.90 Å². The van der Waals surface area contributed by atoms with Gasteiger partial charge in [0.1, 0.15) is 5.56 Å². The molecule has 9 nitrogen and oxygen atoms in total. The average molecular weight is 501 g/mol. The Balaban J connectivity index is 1.45. The van der Waals surface area contributed by atoms with Crippen LogP contribution >= 0.6 is 0 Å². The van der Waals surface area contributed by atoms with Crippen LogP contribution in [-0.2, 0) is 4.79 Å². The van der Waals surface area contributed by atoms with Crippen LogP contribution in [0.25, 0.3) is 22.6 Å². The summed E-state index contributed by atoms with van der Waals surface area (Å²) in [5, 5.41) is 19.2. The molecule has 1 fully saturated rings. The third-order valence-corrected chi connectivity index (χ3v) is 7.21. The molecule has 1 saturated carbocycles. The van der Waals surface area contributed by atoms with Crippen molar-refractivity contribution in [3.8, 4) is 16.9 Å². The summed E-state index contributed by atoms with van der Waals surface area (Å²) in [5.74, 6) is -0.341. The van der Waals surface area contributed by atoms with E-state index in [-0.39, 0.29) is 23.2 Å². The zero-order chi connectivity index (χ0) is 25.9. The molecule has 0 atom stereocenters. The molecule has 1 aromatic carbocycles. The van der Waals surface area contributed by atoms with Crippen molar-refractivity contribution < 1.29 is 14.7 Å². The first-order valence-electron chi connectivity index (χ1n) is 13.0. The normalized spacial score (nSPS) is 17.7. The van der Waals surface area contributed by atoms with Crippen LogP contribution in [0, 0.1) is 11.8 Å². The topological polar surface area (TPSA) is 106 Å². The SMILES string of the molecule is CCCCN(c1nn(-c2ccc(-c3cc4ncccn4n3)cc2)cc1C(=O)O)C(=O)[C@H]1CC[C@H](C)CC1. The average Bonchev–Trinajstić information content (AvgIpc) is 3.55. The van der Waals surface area contributed by atoms with Gasteiger partial charge >= 0.3 is 5.97 Å². The van der Waals surface area contributed by atoms with Crippen molar-refractivity contribution in [1.29, 1.82) is 0 Å². The van der Waals surface area contributed by atoms with Crippen LogP contribution in [0.15, 0.2) is 55.0 Å². The maximum absolute atomic E-state index is 13.6. The van der Waals surface area contributed by atoms with E-state index in [9.17, 15) is 14.7 Å². The lowest BCUT2D eigenvalue weighted by molar-refractivity contribution is -0.123. The Morgan fingerprint density at radius 3 is 2.54 bits per heavy atom. The first kappa shape index (κ1) is 24.7. The molecule has 0 aliphatic heterocycles. The third kappa shape index (κ3) is 5.12. The number of hydrogen-bond donors (Lipinski definition) is 1. The van der Waals surface area contributed by atoms with E-state index in [2.05, 4.69) is 29.0 Å². The molecule has 0 radical (unpaired) electrons. The van der Waals surface area contributed by atoms with Crippen molar-refractivity contribution in [2.24, 2.45) is 11.8 Å². The van der Waals surface area contributed by atoms with Gasteiger partial charge in [-0.05, 0) is 56.2 Å². The van der Waals surface area contributed by atoms with Crippen molar-refractivity contribution in [3.05, 3.63) is 60.6 Å². The van der Waals surface area contributed by atoms with Crippen LogP contribution in [0.5, 0.6) is 0 Å². The van der Waals surface area contributed by atoms with Gasteiger partial charge in [-0.3, -0.25) is 9.69 Å². The second-order valence-corrected chi connectivity index (χ2v) is 9.92. The minimum atomic E-state index is -1.10. The highest BCUT2D eigenvalue weighted by molar-refractivity contribution is 6.01. The maximum atomic E-state index is 13.6. The Hall–Kier alpha value is -4.01. The van der Waals surface area contributed by atoms with Crippen molar-refractivity contribution in [2.45, 2.75) is 52.4 Å². The largest absolute Gasteiger partial charge is 0.477 e. The molecule has 1 N–H and O–H groups in total. The molecule has 4 aromatic rings. The summed E-state index contributed by atoms with van der Waals surface area (Å²) < 4.78 is 3.26. The summed E-state index contributed by atoms with van der Waals surface area (Å²) in [6, 6.07) is 11.3. The fourth-order valence-electron chi connectivity index (χ4n) is 4.97. The van der Waals surface area contributed by atoms with Gasteiger partial charge in [-0.25, -0.2) is 19.0 Å². The lowest BCUT2D eigenvalue weighted by atomic mass is 9.82. The number of carboxylic acid groups (broad SMARTS) is 1. The van der Waals surface area contributed by atoms with Crippen LogP contribution in [0.4, 0.5) is 5.82 Å². The Kier molecular flexibility index (Phi) is 7.03. The fraction of sp³-hybridized carbons (Fsp3) is 0.393. The van der Waals surface area contributed by atoms with Gasteiger partial charge in [0, 0.05) is 42.7 Å². The highest BCUT2D eigenvalue weighted by Crippen LogP contribution is 2.32. The summed E-state index contributed by atoms with van der Waals surface area (Å²) in [5.41, 5.74) is 3.19.